The molecular weight excluding hydrogens is 1390 g/mol. The van der Waals surface area contributed by atoms with Gasteiger partial charge in [0.25, 0.3) is 0 Å². The Kier molecular flexibility index (Phi) is 59.7. The molecule has 0 saturated carbocycles. The van der Waals surface area contributed by atoms with Crippen LogP contribution in [0.25, 0.3) is 33.4 Å². The van der Waals surface area contributed by atoms with Crippen molar-refractivity contribution in [1.82, 2.24) is 0 Å². The minimum atomic E-state index is -0.308. The first-order valence-corrected chi connectivity index (χ1v) is 38.7. The smallest absolute Gasteiger partial charge is 0.119 e. The van der Waals surface area contributed by atoms with Crippen LogP contribution in [0.4, 0.5) is 0 Å². The van der Waals surface area contributed by atoms with E-state index in [-0.39, 0.29) is 5.41 Å². The van der Waals surface area contributed by atoms with Crippen molar-refractivity contribution in [2.45, 2.75) is 43.9 Å². The average molecular weight is 1520 g/mol. The summed E-state index contributed by atoms with van der Waals surface area (Å²) in [5.41, 5.74) is 15.3. The second-order valence-corrected chi connectivity index (χ2v) is 24.5. The molecule has 4 aromatic carbocycles. The number of hydrogen-bond acceptors (Lipinski definition) is 26. The van der Waals surface area contributed by atoms with Crippen LogP contribution in [0, 0.1) is 0 Å². The molecule has 4 aromatic rings. The topological polar surface area (TPSA) is 257 Å². The van der Waals surface area contributed by atoms with E-state index in [1.807, 2.05) is 0 Å². The van der Waals surface area contributed by atoms with E-state index in [1.165, 1.54) is 33.4 Å². The highest BCUT2D eigenvalue weighted by Gasteiger charge is 2.43. The van der Waals surface area contributed by atoms with E-state index in [9.17, 15) is 0 Å². The predicted molar refractivity (Wildman–Crippen MR) is 408 cm³/mol. The van der Waals surface area contributed by atoms with Crippen molar-refractivity contribution in [2.24, 2.45) is 5.73 Å². The molecule has 1 aliphatic rings. The lowest BCUT2D eigenvalue weighted by Crippen LogP contribution is -2.27. The Balaban J connectivity index is 0.911. The number of ether oxygens (including phenoxy) is 25. The Bertz CT molecular complexity index is 2520. The van der Waals surface area contributed by atoms with Crippen LogP contribution in [0.3, 0.4) is 0 Å². The molecule has 2 N–H and O–H groups in total. The van der Waals surface area contributed by atoms with E-state index in [2.05, 4.69) is 91.0 Å². The number of rotatable bonds is 81. The Morgan fingerprint density at radius 2 is 0.458 bits per heavy atom. The van der Waals surface area contributed by atoms with Crippen molar-refractivity contribution in [3.8, 4) is 39.1 Å². The van der Waals surface area contributed by atoms with Gasteiger partial charge >= 0.3 is 0 Å². The van der Waals surface area contributed by atoms with Gasteiger partial charge in [0.05, 0.1) is 297 Å². The van der Waals surface area contributed by atoms with E-state index >= 15 is 0 Å². The third kappa shape index (κ3) is 46.3. The monoisotopic (exact) mass is 1520 g/mol. The van der Waals surface area contributed by atoms with E-state index < -0.39 is 0 Å². The third-order valence-corrected chi connectivity index (χ3v) is 16.6. The Morgan fingerprint density at radius 3 is 0.710 bits per heavy atom. The Labute approximate surface area is 638 Å². The molecule has 0 spiro atoms. The second-order valence-electron chi connectivity index (χ2n) is 24.5. The fourth-order valence-electron chi connectivity index (χ4n) is 11.2. The minimum absolute atomic E-state index is 0.308. The lowest BCUT2D eigenvalue weighted by molar-refractivity contribution is -0.0281. The molecule has 0 bridgehead atoms. The lowest BCUT2D eigenvalue weighted by Gasteiger charge is -2.33. The van der Waals surface area contributed by atoms with Gasteiger partial charge in [-0.3, -0.25) is 0 Å². The fourth-order valence-corrected chi connectivity index (χ4v) is 11.2. The Morgan fingerprint density at radius 1 is 0.224 bits per heavy atom. The predicted octanol–water partition coefficient (Wildman–Crippen LogP) is 8.62. The van der Waals surface area contributed by atoms with Crippen LogP contribution in [0.5, 0.6) is 5.75 Å². The molecule has 0 unspecified atom stereocenters. The molecule has 0 fully saturated rings. The van der Waals surface area contributed by atoms with Crippen LogP contribution >= 0.6 is 0 Å². The van der Waals surface area contributed by atoms with E-state index in [1.54, 1.807) is 14.2 Å². The molecule has 610 valence electrons. The fraction of sp³-hybridized carbons (Fsp3) is 0.704. The first-order valence-electron chi connectivity index (χ1n) is 38.7. The normalized spacial score (nSPS) is 12.4. The zero-order chi connectivity index (χ0) is 75.2. The summed E-state index contributed by atoms with van der Waals surface area (Å²) in [6.45, 7) is 24.5. The maximum absolute atomic E-state index is 6.28. The maximum atomic E-state index is 6.28. The van der Waals surface area contributed by atoms with Gasteiger partial charge in [-0.05, 0) is 114 Å². The molecule has 0 saturated heterocycles. The summed E-state index contributed by atoms with van der Waals surface area (Å²) in [5.74, 6) is 0.857. The summed E-state index contributed by atoms with van der Waals surface area (Å²) in [5, 5.41) is 0. The number of hydrogen-bond donors (Lipinski definition) is 1. The summed E-state index contributed by atoms with van der Waals surface area (Å²) in [4.78, 5) is 0. The van der Waals surface area contributed by atoms with Gasteiger partial charge in [-0.2, -0.15) is 0 Å². The highest BCUT2D eigenvalue weighted by molar-refractivity contribution is 5.86. The maximum Gasteiger partial charge on any atom is 0.119 e. The van der Waals surface area contributed by atoms with Crippen molar-refractivity contribution in [3.63, 3.8) is 0 Å². The van der Waals surface area contributed by atoms with Crippen LogP contribution in [0.15, 0.2) is 91.0 Å². The van der Waals surface area contributed by atoms with Gasteiger partial charge in [0.2, 0.25) is 0 Å². The zero-order valence-electron chi connectivity index (χ0n) is 64.6. The molecule has 0 aliphatic heterocycles. The first kappa shape index (κ1) is 93.3. The van der Waals surface area contributed by atoms with Crippen molar-refractivity contribution in [3.05, 3.63) is 102 Å². The van der Waals surface area contributed by atoms with Gasteiger partial charge in [0.1, 0.15) is 5.75 Å². The summed E-state index contributed by atoms with van der Waals surface area (Å²) in [7, 11) is 3.29. The molecule has 1 aliphatic carbocycles. The summed E-state index contributed by atoms with van der Waals surface area (Å²) in [6, 6.07) is 33.1. The van der Waals surface area contributed by atoms with Gasteiger partial charge in [-0.1, -0.05) is 66.7 Å². The molecule has 0 radical (unpaired) electrons. The van der Waals surface area contributed by atoms with Crippen LogP contribution in [0.1, 0.15) is 49.7 Å². The first-order chi connectivity index (χ1) is 53.2. The molecule has 26 heteroatoms. The van der Waals surface area contributed by atoms with Crippen molar-refractivity contribution >= 4 is 0 Å². The van der Waals surface area contributed by atoms with Gasteiger partial charge in [0, 0.05) is 32.8 Å². The van der Waals surface area contributed by atoms with Gasteiger partial charge < -0.3 is 124 Å². The second kappa shape index (κ2) is 68.5. The van der Waals surface area contributed by atoms with Gasteiger partial charge in [0.15, 0.2) is 0 Å². The quantitative estimate of drug-likeness (QED) is 0.0406. The van der Waals surface area contributed by atoms with E-state index in [0.29, 0.717) is 317 Å². The largest absolute Gasteiger partial charge is 0.494 e. The van der Waals surface area contributed by atoms with Crippen LogP contribution in [0.2, 0.25) is 0 Å². The molecule has 0 atom stereocenters. The van der Waals surface area contributed by atoms with E-state index in [0.717, 1.165) is 55.4 Å². The van der Waals surface area contributed by atoms with Crippen LogP contribution in [-0.4, -0.2) is 331 Å². The lowest BCUT2D eigenvalue weighted by atomic mass is 9.70. The molecule has 107 heavy (non-hydrogen) atoms. The number of methoxy groups -OCH3 is 2. The van der Waals surface area contributed by atoms with Crippen LogP contribution in [-0.2, 0) is 119 Å². The SMILES string of the molecule is COCCOCCOCCOCCOCCOCCOCCOCCOCCOCCOCCOCCCC1(CCCOCCOCCOCCOCCOCCOCCOCCOCCOCCOCCOCCOC)c2cc(-c3ccccc3)ccc2-c2ccc(-c3ccc(OCCCCN)cc3)cc21. The standard InChI is InChI=1S/C81H131NO25/c1-83-26-28-87-34-36-91-42-44-95-50-52-99-58-60-103-66-68-105-64-62-101-56-54-97-48-46-93-40-38-89-32-30-85-23-8-20-81(79-70-74(72-10-4-3-5-11-72)14-18-77(79)78-19-15-75(71-80(78)81)73-12-16-76(17-13-73)107-25-7-6-22-82)21-9-24-86-31-33-90-39-41-94-47-49-98-55-57-102-63-65-106-69-67-104-61-59-100-53-51-96-45-43-92-37-35-88-29-27-84-2/h3-5,10-19,70-71H,6-9,20-69,82H2,1-2H3. The molecule has 26 nitrogen and oxygen atoms in total. The van der Waals surface area contributed by atoms with Crippen molar-refractivity contribution < 1.29 is 118 Å². The summed E-state index contributed by atoms with van der Waals surface area (Å²) < 4.78 is 140. The van der Waals surface area contributed by atoms with Crippen molar-refractivity contribution in [1.29, 1.82) is 0 Å². The van der Waals surface area contributed by atoms with E-state index in [4.69, 9.17) is 124 Å². The average Bonchev–Trinajstić information content (AvgIpc) is 1.57. The number of fused-ring (bicyclic) bond motifs is 3. The van der Waals surface area contributed by atoms with Gasteiger partial charge in [-0.25, -0.2) is 0 Å². The third-order valence-electron chi connectivity index (χ3n) is 16.6. The minimum Gasteiger partial charge on any atom is -0.494 e. The summed E-state index contributed by atoms with van der Waals surface area (Å²) >= 11 is 0. The number of nitrogens with two attached hydrogens (primary N) is 1. The highest BCUT2D eigenvalue weighted by Crippen LogP contribution is 2.55. The molecule has 0 amide bonds. The summed E-state index contributed by atoms with van der Waals surface area (Å²) in [6.07, 6.45) is 5.34. The zero-order valence-corrected chi connectivity index (χ0v) is 64.6. The Hall–Kier alpha value is -4.32. The molecule has 0 aromatic heterocycles. The molecular formula is C81H131NO25. The van der Waals surface area contributed by atoms with Crippen molar-refractivity contribution in [2.75, 3.05) is 331 Å². The van der Waals surface area contributed by atoms with Gasteiger partial charge in [-0.15, -0.1) is 0 Å². The molecule has 0 heterocycles. The molecule has 5 rings (SSSR count). The number of unbranched alkanes of at least 4 members (excludes halogenated alkanes) is 1. The number of benzene rings is 4. The van der Waals surface area contributed by atoms with Crippen LogP contribution < -0.4 is 10.5 Å². The highest BCUT2D eigenvalue weighted by atomic mass is 16.6.